The fourth-order valence-electron chi connectivity index (χ4n) is 3.14. The summed E-state index contributed by atoms with van der Waals surface area (Å²) in [6.45, 7) is 5.66. The van der Waals surface area contributed by atoms with Gasteiger partial charge < -0.3 is 15.1 Å². The Labute approximate surface area is 131 Å². The Bertz CT molecular complexity index is 435. The number of hydrogen-bond acceptors (Lipinski definition) is 4. The molecule has 7 heteroatoms. The highest BCUT2D eigenvalue weighted by Crippen LogP contribution is 2.13. The number of hydrogen-bond donors (Lipinski definition) is 1. The highest BCUT2D eigenvalue weighted by atomic mass is 16.2. The van der Waals surface area contributed by atoms with Crippen LogP contribution in [0.4, 0.5) is 0 Å². The predicted molar refractivity (Wildman–Crippen MR) is 82.1 cm³/mol. The summed E-state index contributed by atoms with van der Waals surface area (Å²) in [6, 6.07) is 0. The van der Waals surface area contributed by atoms with Crippen LogP contribution >= 0.6 is 0 Å². The van der Waals surface area contributed by atoms with Crippen LogP contribution in [0.15, 0.2) is 0 Å². The third-order valence-electron chi connectivity index (χ3n) is 4.49. The van der Waals surface area contributed by atoms with Gasteiger partial charge in [0.05, 0.1) is 12.5 Å². The van der Waals surface area contributed by atoms with Gasteiger partial charge >= 0.3 is 0 Å². The van der Waals surface area contributed by atoms with Crippen LogP contribution in [0.3, 0.4) is 0 Å². The Kier molecular flexibility index (Phi) is 5.76. The molecule has 0 saturated carbocycles. The monoisotopic (exact) mass is 310 g/mol. The van der Waals surface area contributed by atoms with E-state index in [1.165, 1.54) is 6.92 Å². The molecule has 1 unspecified atom stereocenters. The van der Waals surface area contributed by atoms with Gasteiger partial charge in [-0.05, 0) is 12.8 Å². The molecule has 2 fully saturated rings. The van der Waals surface area contributed by atoms with Crippen molar-refractivity contribution in [3.63, 3.8) is 0 Å². The van der Waals surface area contributed by atoms with Gasteiger partial charge in [-0.25, -0.2) is 0 Å². The van der Waals surface area contributed by atoms with Gasteiger partial charge in [-0.2, -0.15) is 0 Å². The van der Waals surface area contributed by atoms with Gasteiger partial charge in [-0.3, -0.25) is 19.3 Å². The largest absolute Gasteiger partial charge is 0.359 e. The van der Waals surface area contributed by atoms with Gasteiger partial charge in [0.1, 0.15) is 0 Å². The maximum Gasteiger partial charge on any atom is 0.236 e. The quantitative estimate of drug-likeness (QED) is 0.736. The van der Waals surface area contributed by atoms with Crippen molar-refractivity contribution in [3.8, 4) is 0 Å². The first-order valence-electron chi connectivity index (χ1n) is 7.98. The number of likely N-dealkylation sites (tertiary alicyclic amines) is 1. The third kappa shape index (κ3) is 4.19. The van der Waals surface area contributed by atoms with Crippen molar-refractivity contribution >= 4 is 17.7 Å². The average Bonchev–Trinajstić information content (AvgIpc) is 2.95. The number of rotatable bonds is 3. The van der Waals surface area contributed by atoms with Crippen LogP contribution in [-0.4, -0.2) is 85.3 Å². The first-order valence-corrected chi connectivity index (χ1v) is 7.98. The second-order valence-corrected chi connectivity index (χ2v) is 6.10. The molecule has 22 heavy (non-hydrogen) atoms. The molecule has 0 aromatic carbocycles. The van der Waals surface area contributed by atoms with Crippen molar-refractivity contribution in [2.45, 2.75) is 19.8 Å². The second-order valence-electron chi connectivity index (χ2n) is 6.10. The molecule has 3 amide bonds. The molecular formula is C15H26N4O3. The lowest BCUT2D eigenvalue weighted by molar-refractivity contribution is -0.133. The minimum atomic E-state index is -0.289. The van der Waals surface area contributed by atoms with E-state index in [9.17, 15) is 14.4 Å². The van der Waals surface area contributed by atoms with E-state index in [1.807, 2.05) is 9.80 Å². The fourth-order valence-corrected chi connectivity index (χ4v) is 3.14. The summed E-state index contributed by atoms with van der Waals surface area (Å²) in [7, 11) is 1.60. The van der Waals surface area contributed by atoms with Crippen LogP contribution in [0.5, 0.6) is 0 Å². The standard InChI is InChI=1S/C15H26N4O3/c1-12(20)19-8-7-17(9-13(10-19)15(22)16-2)11-14(21)18-5-3-4-6-18/h13H,3-11H2,1-2H3,(H,16,22). The van der Waals surface area contributed by atoms with Crippen molar-refractivity contribution in [2.75, 3.05) is 52.9 Å². The minimum Gasteiger partial charge on any atom is -0.359 e. The number of nitrogens with zero attached hydrogens (tertiary/aromatic N) is 3. The molecule has 0 bridgehead atoms. The zero-order valence-corrected chi connectivity index (χ0v) is 13.5. The van der Waals surface area contributed by atoms with E-state index in [0.717, 1.165) is 25.9 Å². The van der Waals surface area contributed by atoms with Gasteiger partial charge in [-0.15, -0.1) is 0 Å². The van der Waals surface area contributed by atoms with Crippen molar-refractivity contribution < 1.29 is 14.4 Å². The van der Waals surface area contributed by atoms with E-state index < -0.39 is 0 Å². The average molecular weight is 310 g/mol. The molecule has 1 N–H and O–H groups in total. The molecule has 0 radical (unpaired) electrons. The predicted octanol–water partition coefficient (Wildman–Crippen LogP) is -0.865. The smallest absolute Gasteiger partial charge is 0.236 e. The zero-order valence-electron chi connectivity index (χ0n) is 13.5. The van der Waals surface area contributed by atoms with Crippen molar-refractivity contribution in [3.05, 3.63) is 0 Å². The normalized spacial score (nSPS) is 23.3. The van der Waals surface area contributed by atoms with Crippen LogP contribution in [0.2, 0.25) is 0 Å². The van der Waals surface area contributed by atoms with Gasteiger partial charge in [0, 0.05) is 53.2 Å². The van der Waals surface area contributed by atoms with Gasteiger partial charge in [0.2, 0.25) is 17.7 Å². The summed E-state index contributed by atoms with van der Waals surface area (Å²) in [5, 5.41) is 2.65. The van der Waals surface area contributed by atoms with Crippen LogP contribution < -0.4 is 5.32 Å². The lowest BCUT2D eigenvalue weighted by atomic mass is 10.1. The van der Waals surface area contributed by atoms with Gasteiger partial charge in [0.15, 0.2) is 0 Å². The molecule has 0 aromatic rings. The zero-order chi connectivity index (χ0) is 16.1. The molecule has 2 rings (SSSR count). The maximum atomic E-state index is 12.3. The van der Waals surface area contributed by atoms with E-state index in [0.29, 0.717) is 32.7 Å². The van der Waals surface area contributed by atoms with E-state index >= 15 is 0 Å². The molecule has 7 nitrogen and oxygen atoms in total. The summed E-state index contributed by atoms with van der Waals surface area (Å²) >= 11 is 0. The van der Waals surface area contributed by atoms with Crippen LogP contribution in [-0.2, 0) is 14.4 Å². The molecule has 0 aliphatic carbocycles. The van der Waals surface area contributed by atoms with E-state index in [2.05, 4.69) is 5.32 Å². The topological polar surface area (TPSA) is 73.0 Å². The van der Waals surface area contributed by atoms with Gasteiger partial charge in [-0.1, -0.05) is 0 Å². The van der Waals surface area contributed by atoms with E-state index in [1.54, 1.807) is 11.9 Å². The Morgan fingerprint density at radius 2 is 1.68 bits per heavy atom. The molecule has 124 valence electrons. The first-order chi connectivity index (χ1) is 10.5. The van der Waals surface area contributed by atoms with Crippen molar-refractivity contribution in [1.29, 1.82) is 0 Å². The Morgan fingerprint density at radius 3 is 2.27 bits per heavy atom. The summed E-state index contributed by atoms with van der Waals surface area (Å²) in [5.74, 6) is -0.263. The number of carbonyl (C=O) groups excluding carboxylic acids is 3. The molecule has 2 aliphatic rings. The molecule has 2 saturated heterocycles. The molecule has 2 aliphatic heterocycles. The Balaban J connectivity index is 1.99. The third-order valence-corrected chi connectivity index (χ3v) is 4.49. The van der Waals surface area contributed by atoms with Crippen LogP contribution in [0, 0.1) is 5.92 Å². The number of nitrogens with one attached hydrogen (secondary N) is 1. The highest BCUT2D eigenvalue weighted by molar-refractivity contribution is 5.81. The Morgan fingerprint density at radius 1 is 1.00 bits per heavy atom. The molecule has 1 atom stereocenters. The highest BCUT2D eigenvalue weighted by Gasteiger charge is 2.30. The van der Waals surface area contributed by atoms with Crippen LogP contribution in [0.1, 0.15) is 19.8 Å². The summed E-state index contributed by atoms with van der Waals surface area (Å²) < 4.78 is 0. The lowest BCUT2D eigenvalue weighted by Crippen LogP contribution is -2.43. The molecular weight excluding hydrogens is 284 g/mol. The first kappa shape index (κ1) is 16.7. The summed E-state index contributed by atoms with van der Waals surface area (Å²) in [6.07, 6.45) is 2.15. The minimum absolute atomic E-state index is 0.0263. The van der Waals surface area contributed by atoms with Crippen molar-refractivity contribution in [2.24, 2.45) is 5.92 Å². The van der Waals surface area contributed by atoms with E-state index in [-0.39, 0.29) is 23.6 Å². The lowest BCUT2D eigenvalue weighted by Gasteiger charge is -2.24. The molecule has 0 spiro atoms. The molecule has 0 aromatic heterocycles. The van der Waals surface area contributed by atoms with Gasteiger partial charge in [0.25, 0.3) is 0 Å². The van der Waals surface area contributed by atoms with Crippen LogP contribution in [0.25, 0.3) is 0 Å². The Hall–Kier alpha value is -1.63. The number of carbonyl (C=O) groups is 3. The molecule has 2 heterocycles. The SMILES string of the molecule is CNC(=O)C1CN(CC(=O)N2CCCC2)CCN(C(C)=O)C1. The maximum absolute atomic E-state index is 12.3. The number of amides is 3. The summed E-state index contributed by atoms with van der Waals surface area (Å²) in [5.41, 5.74) is 0. The van der Waals surface area contributed by atoms with E-state index in [4.69, 9.17) is 0 Å². The summed E-state index contributed by atoms with van der Waals surface area (Å²) in [4.78, 5) is 41.5. The van der Waals surface area contributed by atoms with Crippen molar-refractivity contribution in [1.82, 2.24) is 20.0 Å². The fraction of sp³-hybridized carbons (Fsp3) is 0.800. The second kappa shape index (κ2) is 7.58.